The average molecular weight is 346 g/mol. The van der Waals surface area contributed by atoms with Crippen molar-refractivity contribution in [2.45, 2.75) is 6.54 Å². The molecule has 7 nitrogen and oxygen atoms in total. The van der Waals surface area contributed by atoms with Crippen molar-refractivity contribution < 1.29 is 4.74 Å². The van der Waals surface area contributed by atoms with Crippen molar-refractivity contribution in [3.05, 3.63) is 54.4 Å². The summed E-state index contributed by atoms with van der Waals surface area (Å²) in [4.78, 5) is 11.1. The molecule has 2 aromatic carbocycles. The fraction of sp³-hybridized carbons (Fsp3) is 0.263. The van der Waals surface area contributed by atoms with Gasteiger partial charge < -0.3 is 9.64 Å². The topological polar surface area (TPSA) is 69.0 Å². The zero-order valence-electron chi connectivity index (χ0n) is 14.2. The highest BCUT2D eigenvalue weighted by Crippen LogP contribution is 2.23. The molecule has 1 aliphatic rings. The third-order valence-electron chi connectivity index (χ3n) is 4.79. The van der Waals surface area contributed by atoms with Gasteiger partial charge in [0.2, 0.25) is 0 Å². The Morgan fingerprint density at radius 2 is 1.81 bits per heavy atom. The zero-order valence-corrected chi connectivity index (χ0v) is 14.2. The number of aromatic nitrogens is 5. The second-order valence-corrected chi connectivity index (χ2v) is 6.35. The Balaban J connectivity index is 1.55. The summed E-state index contributed by atoms with van der Waals surface area (Å²) in [7, 11) is 0. The lowest BCUT2D eigenvalue weighted by Crippen LogP contribution is -2.36. The molecule has 4 aromatic rings. The SMILES string of the molecule is c1ccc2c(Cn3nnc4c(N5CCOCC5)ncnc43)cccc2c1. The van der Waals surface area contributed by atoms with E-state index in [1.54, 1.807) is 6.33 Å². The molecular weight excluding hydrogens is 328 g/mol. The van der Waals surface area contributed by atoms with E-state index < -0.39 is 0 Å². The Hall–Kier alpha value is -3.06. The first-order valence-corrected chi connectivity index (χ1v) is 8.74. The number of ether oxygens (including phenoxy) is 1. The lowest BCUT2D eigenvalue weighted by Gasteiger charge is -2.27. The molecule has 2 aromatic heterocycles. The van der Waals surface area contributed by atoms with Crippen LogP contribution in [0, 0.1) is 0 Å². The molecule has 130 valence electrons. The molecule has 0 atom stereocenters. The van der Waals surface area contributed by atoms with Gasteiger partial charge in [-0.05, 0) is 16.3 Å². The minimum Gasteiger partial charge on any atom is -0.378 e. The van der Waals surface area contributed by atoms with Gasteiger partial charge in [0, 0.05) is 13.1 Å². The van der Waals surface area contributed by atoms with Crippen LogP contribution in [-0.4, -0.2) is 51.3 Å². The van der Waals surface area contributed by atoms with Crippen LogP contribution in [0.15, 0.2) is 48.8 Å². The van der Waals surface area contributed by atoms with Crippen LogP contribution in [0.2, 0.25) is 0 Å². The summed E-state index contributed by atoms with van der Waals surface area (Å²) in [6.07, 6.45) is 1.59. The smallest absolute Gasteiger partial charge is 0.184 e. The molecule has 0 bridgehead atoms. The summed E-state index contributed by atoms with van der Waals surface area (Å²) < 4.78 is 7.28. The van der Waals surface area contributed by atoms with Gasteiger partial charge in [0.25, 0.3) is 0 Å². The van der Waals surface area contributed by atoms with Crippen LogP contribution in [0.3, 0.4) is 0 Å². The third kappa shape index (κ3) is 2.57. The van der Waals surface area contributed by atoms with E-state index in [2.05, 4.69) is 67.6 Å². The van der Waals surface area contributed by atoms with Crippen LogP contribution >= 0.6 is 0 Å². The predicted octanol–water partition coefficient (Wildman–Crippen LogP) is 2.26. The first-order chi connectivity index (χ1) is 12.9. The lowest BCUT2D eigenvalue weighted by molar-refractivity contribution is 0.122. The Kier molecular flexibility index (Phi) is 3.71. The van der Waals surface area contributed by atoms with Gasteiger partial charge in [0.15, 0.2) is 17.0 Å². The molecule has 26 heavy (non-hydrogen) atoms. The van der Waals surface area contributed by atoms with Crippen LogP contribution in [0.1, 0.15) is 5.56 Å². The quantitative estimate of drug-likeness (QED) is 0.567. The molecule has 0 amide bonds. The largest absolute Gasteiger partial charge is 0.378 e. The van der Waals surface area contributed by atoms with Crippen LogP contribution < -0.4 is 4.90 Å². The summed E-state index contributed by atoms with van der Waals surface area (Å²) in [5, 5.41) is 11.2. The molecule has 1 saturated heterocycles. The van der Waals surface area contributed by atoms with E-state index in [0.29, 0.717) is 19.8 Å². The maximum absolute atomic E-state index is 5.43. The molecule has 0 aliphatic carbocycles. The fourth-order valence-corrected chi connectivity index (χ4v) is 3.48. The number of fused-ring (bicyclic) bond motifs is 2. The highest BCUT2D eigenvalue weighted by atomic mass is 16.5. The number of hydrogen-bond donors (Lipinski definition) is 0. The molecule has 0 radical (unpaired) electrons. The summed E-state index contributed by atoms with van der Waals surface area (Å²) >= 11 is 0. The molecule has 0 unspecified atom stereocenters. The van der Waals surface area contributed by atoms with Gasteiger partial charge in [-0.25, -0.2) is 14.6 Å². The monoisotopic (exact) mass is 346 g/mol. The fourth-order valence-electron chi connectivity index (χ4n) is 3.48. The number of rotatable bonds is 3. The van der Waals surface area contributed by atoms with E-state index in [1.165, 1.54) is 16.3 Å². The van der Waals surface area contributed by atoms with Gasteiger partial charge in [-0.3, -0.25) is 0 Å². The lowest BCUT2D eigenvalue weighted by atomic mass is 10.0. The van der Waals surface area contributed by atoms with E-state index >= 15 is 0 Å². The van der Waals surface area contributed by atoms with Crippen molar-refractivity contribution >= 4 is 27.8 Å². The predicted molar refractivity (Wildman–Crippen MR) is 99.2 cm³/mol. The highest BCUT2D eigenvalue weighted by Gasteiger charge is 2.19. The summed E-state index contributed by atoms with van der Waals surface area (Å²) in [5.41, 5.74) is 2.70. The highest BCUT2D eigenvalue weighted by molar-refractivity contribution is 5.86. The van der Waals surface area contributed by atoms with Crippen molar-refractivity contribution in [3.63, 3.8) is 0 Å². The summed E-state index contributed by atoms with van der Waals surface area (Å²) in [6.45, 7) is 3.65. The van der Waals surface area contributed by atoms with Crippen molar-refractivity contribution in [2.24, 2.45) is 0 Å². The van der Waals surface area contributed by atoms with Gasteiger partial charge >= 0.3 is 0 Å². The summed E-state index contributed by atoms with van der Waals surface area (Å²) in [5.74, 6) is 0.836. The van der Waals surface area contributed by atoms with Crippen molar-refractivity contribution in [3.8, 4) is 0 Å². The molecule has 7 heteroatoms. The van der Waals surface area contributed by atoms with Gasteiger partial charge in [0.1, 0.15) is 6.33 Å². The number of anilines is 1. The van der Waals surface area contributed by atoms with Gasteiger partial charge in [-0.15, -0.1) is 5.10 Å². The Bertz CT molecular complexity index is 1060. The minimum atomic E-state index is 0.622. The van der Waals surface area contributed by atoms with Crippen molar-refractivity contribution in [1.29, 1.82) is 0 Å². The first kappa shape index (κ1) is 15.2. The average Bonchev–Trinajstić information content (AvgIpc) is 3.12. The van der Waals surface area contributed by atoms with Crippen LogP contribution in [0.25, 0.3) is 21.9 Å². The van der Waals surface area contributed by atoms with Crippen LogP contribution in [0.5, 0.6) is 0 Å². The summed E-state index contributed by atoms with van der Waals surface area (Å²) in [6, 6.07) is 14.7. The number of benzene rings is 2. The number of morpholine rings is 1. The first-order valence-electron chi connectivity index (χ1n) is 8.74. The third-order valence-corrected chi connectivity index (χ3v) is 4.79. The molecule has 0 N–H and O–H groups in total. The van der Waals surface area contributed by atoms with E-state index in [1.807, 2.05) is 4.68 Å². The van der Waals surface area contributed by atoms with Gasteiger partial charge in [-0.2, -0.15) is 0 Å². The molecule has 1 fully saturated rings. The number of hydrogen-bond acceptors (Lipinski definition) is 6. The van der Waals surface area contributed by atoms with E-state index in [4.69, 9.17) is 4.74 Å². The van der Waals surface area contributed by atoms with Crippen molar-refractivity contribution in [1.82, 2.24) is 25.0 Å². The molecule has 3 heterocycles. The molecule has 5 rings (SSSR count). The van der Waals surface area contributed by atoms with E-state index in [0.717, 1.165) is 30.1 Å². The van der Waals surface area contributed by atoms with Crippen LogP contribution in [0.4, 0.5) is 5.82 Å². The molecule has 0 saturated carbocycles. The second-order valence-electron chi connectivity index (χ2n) is 6.35. The Morgan fingerprint density at radius 3 is 2.73 bits per heavy atom. The standard InChI is InChI=1S/C19H18N6O/c1-2-7-16-14(4-1)5-3-6-15(16)12-25-19-17(22-23-25)18(20-13-21-19)24-8-10-26-11-9-24/h1-7,13H,8-12H2. The minimum absolute atomic E-state index is 0.622. The van der Waals surface area contributed by atoms with Crippen LogP contribution in [-0.2, 0) is 11.3 Å². The normalized spacial score (nSPS) is 15.0. The number of nitrogens with zero attached hydrogens (tertiary/aromatic N) is 6. The molecule has 1 aliphatic heterocycles. The maximum atomic E-state index is 5.43. The second kappa shape index (κ2) is 6.34. The zero-order chi connectivity index (χ0) is 17.3. The Labute approximate surface area is 150 Å². The maximum Gasteiger partial charge on any atom is 0.184 e. The van der Waals surface area contributed by atoms with Crippen molar-refractivity contribution in [2.75, 3.05) is 31.2 Å². The van der Waals surface area contributed by atoms with Gasteiger partial charge in [0.05, 0.1) is 19.8 Å². The molecule has 0 spiro atoms. The Morgan fingerprint density at radius 1 is 0.962 bits per heavy atom. The van der Waals surface area contributed by atoms with E-state index in [-0.39, 0.29) is 0 Å². The molecular formula is C19H18N6O. The van der Waals surface area contributed by atoms with Gasteiger partial charge in [-0.1, -0.05) is 47.7 Å². The van der Waals surface area contributed by atoms with E-state index in [9.17, 15) is 0 Å².